The van der Waals surface area contributed by atoms with Crippen molar-refractivity contribution in [3.63, 3.8) is 0 Å². The van der Waals surface area contributed by atoms with Crippen LogP contribution in [0.25, 0.3) is 10.8 Å². The summed E-state index contributed by atoms with van der Waals surface area (Å²) in [5, 5.41) is 14.6. The topological polar surface area (TPSA) is 58.6 Å². The van der Waals surface area contributed by atoms with Gasteiger partial charge in [-0.1, -0.05) is 30.3 Å². The zero-order chi connectivity index (χ0) is 14.4. The number of hydrogen-bond acceptors (Lipinski definition) is 3. The van der Waals surface area contributed by atoms with E-state index in [0.717, 1.165) is 16.5 Å². The highest BCUT2D eigenvalue weighted by molar-refractivity contribution is 5.99. The lowest BCUT2D eigenvalue weighted by Crippen LogP contribution is -2.08. The minimum absolute atomic E-state index is 0.200. The van der Waals surface area contributed by atoms with E-state index < -0.39 is 5.97 Å². The molecule has 3 aromatic carbocycles. The first kappa shape index (κ1) is 11.8. The summed E-state index contributed by atoms with van der Waals surface area (Å²) >= 11 is 0. The average molecular weight is 277 g/mol. The maximum absolute atomic E-state index is 11.3. The molecule has 1 aliphatic rings. The quantitative estimate of drug-likeness (QED) is 0.542. The van der Waals surface area contributed by atoms with Crippen molar-refractivity contribution in [3.8, 4) is 11.5 Å². The molecule has 3 aromatic rings. The molecule has 0 spiro atoms. The van der Waals surface area contributed by atoms with Crippen LogP contribution in [0.3, 0.4) is 0 Å². The highest BCUT2D eigenvalue weighted by Gasteiger charge is 2.22. The van der Waals surface area contributed by atoms with Crippen molar-refractivity contribution >= 4 is 28.1 Å². The summed E-state index contributed by atoms with van der Waals surface area (Å²) in [6, 6.07) is 16.9. The summed E-state index contributed by atoms with van der Waals surface area (Å²) in [6.07, 6.45) is 0. The van der Waals surface area contributed by atoms with Crippen LogP contribution in [0.2, 0.25) is 0 Å². The van der Waals surface area contributed by atoms with Crippen molar-refractivity contribution in [3.05, 3.63) is 60.2 Å². The number of para-hydroxylation sites is 1. The third kappa shape index (κ3) is 1.80. The van der Waals surface area contributed by atoms with E-state index in [4.69, 9.17) is 4.74 Å². The normalized spacial score (nSPS) is 12.0. The van der Waals surface area contributed by atoms with Gasteiger partial charge in [0.25, 0.3) is 0 Å². The minimum atomic E-state index is -0.979. The third-order valence-electron chi connectivity index (χ3n) is 3.58. The maximum atomic E-state index is 11.3. The van der Waals surface area contributed by atoms with Gasteiger partial charge >= 0.3 is 5.97 Å². The van der Waals surface area contributed by atoms with E-state index in [0.29, 0.717) is 17.2 Å². The van der Waals surface area contributed by atoms with Crippen LogP contribution in [0, 0.1) is 0 Å². The van der Waals surface area contributed by atoms with Gasteiger partial charge in [-0.2, -0.15) is 0 Å². The lowest BCUT2D eigenvalue weighted by molar-refractivity contribution is 0.0697. The molecular formula is C17H11NO3. The Balaban J connectivity index is 1.90. The molecule has 4 rings (SSSR count). The lowest BCUT2D eigenvalue weighted by atomic mass is 10.1. The molecule has 0 aliphatic carbocycles. The fraction of sp³-hybridized carbons (Fsp3) is 0. The number of fused-ring (bicyclic) bond motifs is 3. The molecule has 0 amide bonds. The molecular weight excluding hydrogens is 266 g/mol. The van der Waals surface area contributed by atoms with Crippen molar-refractivity contribution < 1.29 is 14.6 Å². The zero-order valence-corrected chi connectivity index (χ0v) is 11.0. The smallest absolute Gasteiger partial charge is 0.337 e. The molecule has 0 saturated carbocycles. The summed E-state index contributed by atoms with van der Waals surface area (Å²) in [6.45, 7) is 0. The van der Waals surface area contributed by atoms with Gasteiger partial charge in [-0.25, -0.2) is 4.79 Å². The van der Waals surface area contributed by atoms with Crippen LogP contribution in [-0.2, 0) is 0 Å². The molecule has 0 fully saturated rings. The second-order valence-corrected chi connectivity index (χ2v) is 4.91. The zero-order valence-electron chi connectivity index (χ0n) is 11.0. The molecule has 102 valence electrons. The maximum Gasteiger partial charge on any atom is 0.337 e. The second-order valence-electron chi connectivity index (χ2n) is 4.91. The third-order valence-corrected chi connectivity index (χ3v) is 3.58. The predicted octanol–water partition coefficient (Wildman–Crippen LogP) is 4.39. The highest BCUT2D eigenvalue weighted by Crippen LogP contribution is 2.44. The van der Waals surface area contributed by atoms with Crippen molar-refractivity contribution in [1.82, 2.24) is 0 Å². The van der Waals surface area contributed by atoms with Gasteiger partial charge in [-0.05, 0) is 35.0 Å². The molecule has 2 N–H and O–H groups in total. The number of aromatic carboxylic acids is 1. The first-order valence-corrected chi connectivity index (χ1v) is 6.56. The van der Waals surface area contributed by atoms with Gasteiger partial charge in [0.15, 0.2) is 11.5 Å². The number of nitrogens with one attached hydrogen (secondary N) is 1. The molecule has 4 heteroatoms. The lowest BCUT2D eigenvalue weighted by Gasteiger charge is -2.23. The Hall–Kier alpha value is -3.01. The number of anilines is 2. The summed E-state index contributed by atoms with van der Waals surface area (Å²) in [4.78, 5) is 11.3. The predicted molar refractivity (Wildman–Crippen MR) is 80.7 cm³/mol. The Morgan fingerprint density at radius 1 is 0.952 bits per heavy atom. The van der Waals surface area contributed by atoms with Crippen molar-refractivity contribution in [2.45, 2.75) is 0 Å². The molecule has 21 heavy (non-hydrogen) atoms. The summed E-state index contributed by atoms with van der Waals surface area (Å²) in [7, 11) is 0. The minimum Gasteiger partial charge on any atom is -0.478 e. The van der Waals surface area contributed by atoms with Crippen LogP contribution >= 0.6 is 0 Å². The number of carbonyl (C=O) groups is 1. The van der Waals surface area contributed by atoms with E-state index in [2.05, 4.69) is 5.32 Å². The molecule has 0 unspecified atom stereocenters. The molecule has 1 aliphatic heterocycles. The SMILES string of the molecule is O=C(O)c1cccc2c1Nc1cc3ccccc3cc1O2. The number of carboxylic acid groups (broad SMARTS) is 1. The van der Waals surface area contributed by atoms with Crippen LogP contribution in [0.4, 0.5) is 11.4 Å². The van der Waals surface area contributed by atoms with Crippen LogP contribution in [0.15, 0.2) is 54.6 Å². The first-order valence-electron chi connectivity index (χ1n) is 6.56. The second kappa shape index (κ2) is 4.24. The number of carboxylic acids is 1. The van der Waals surface area contributed by atoms with Crippen LogP contribution in [0.5, 0.6) is 11.5 Å². The highest BCUT2D eigenvalue weighted by atomic mass is 16.5. The molecule has 0 aromatic heterocycles. The standard InChI is InChI=1S/C17H11NO3/c19-17(20)12-6-3-7-14-16(12)18-13-8-10-4-1-2-5-11(10)9-15(13)21-14/h1-9,18H,(H,19,20). The van der Waals surface area contributed by atoms with E-state index in [1.165, 1.54) is 0 Å². The van der Waals surface area contributed by atoms with E-state index in [-0.39, 0.29) is 5.56 Å². The fourth-order valence-corrected chi connectivity index (χ4v) is 2.58. The van der Waals surface area contributed by atoms with E-state index in [9.17, 15) is 9.90 Å². The number of benzene rings is 3. The van der Waals surface area contributed by atoms with Gasteiger partial charge < -0.3 is 15.2 Å². The Kier molecular flexibility index (Phi) is 2.38. The fourth-order valence-electron chi connectivity index (χ4n) is 2.58. The van der Waals surface area contributed by atoms with Gasteiger partial charge in [0.05, 0.1) is 16.9 Å². The van der Waals surface area contributed by atoms with Crippen molar-refractivity contribution in [2.75, 3.05) is 5.32 Å². The number of hydrogen-bond donors (Lipinski definition) is 2. The van der Waals surface area contributed by atoms with Crippen molar-refractivity contribution in [2.24, 2.45) is 0 Å². The molecule has 4 nitrogen and oxygen atoms in total. The Bertz CT molecular complexity index is 886. The van der Waals surface area contributed by atoms with Crippen LogP contribution in [0.1, 0.15) is 10.4 Å². The van der Waals surface area contributed by atoms with Gasteiger partial charge in [0, 0.05) is 0 Å². The first-order chi connectivity index (χ1) is 10.2. The summed E-state index contributed by atoms with van der Waals surface area (Å²) < 4.78 is 5.85. The molecule has 1 heterocycles. The Morgan fingerprint density at radius 3 is 2.48 bits per heavy atom. The van der Waals surface area contributed by atoms with Gasteiger partial charge in [-0.3, -0.25) is 0 Å². The summed E-state index contributed by atoms with van der Waals surface area (Å²) in [5.74, 6) is 0.244. The molecule has 0 bridgehead atoms. The van der Waals surface area contributed by atoms with Gasteiger partial charge in [0.2, 0.25) is 0 Å². The summed E-state index contributed by atoms with van der Waals surface area (Å²) in [5.41, 5.74) is 1.47. The van der Waals surface area contributed by atoms with Gasteiger partial charge in [0.1, 0.15) is 0 Å². The molecule has 0 saturated heterocycles. The molecule has 0 atom stereocenters. The number of rotatable bonds is 1. The monoisotopic (exact) mass is 277 g/mol. The van der Waals surface area contributed by atoms with Gasteiger partial charge in [-0.15, -0.1) is 0 Å². The largest absolute Gasteiger partial charge is 0.478 e. The van der Waals surface area contributed by atoms with Crippen molar-refractivity contribution in [1.29, 1.82) is 0 Å². The average Bonchev–Trinajstić information content (AvgIpc) is 2.50. The van der Waals surface area contributed by atoms with Crippen LogP contribution < -0.4 is 10.1 Å². The number of ether oxygens (including phenoxy) is 1. The van der Waals surface area contributed by atoms with E-state index in [1.807, 2.05) is 36.4 Å². The molecule has 0 radical (unpaired) electrons. The van der Waals surface area contributed by atoms with E-state index >= 15 is 0 Å². The Labute approximate surface area is 120 Å². The Morgan fingerprint density at radius 2 is 1.71 bits per heavy atom. The van der Waals surface area contributed by atoms with Crippen LogP contribution in [-0.4, -0.2) is 11.1 Å². The van der Waals surface area contributed by atoms with E-state index in [1.54, 1.807) is 18.2 Å².